The van der Waals surface area contributed by atoms with E-state index in [2.05, 4.69) is 45.6 Å². The average molecular weight is 474 g/mol. The molecular weight excluding hydrogens is 442 g/mol. The SMILES string of the molecule is Cc1cc(N2CCCCC2C)nc(NC(=S)NCC2(c3ccc(Cl)cc3)CCOCC2)n1. The van der Waals surface area contributed by atoms with Crippen LogP contribution in [-0.2, 0) is 10.2 Å². The number of thiocarbonyl (C=S) groups is 1. The summed E-state index contributed by atoms with van der Waals surface area (Å²) in [5.74, 6) is 1.51. The van der Waals surface area contributed by atoms with Gasteiger partial charge in [0.25, 0.3) is 0 Å². The molecule has 2 aliphatic heterocycles. The maximum Gasteiger partial charge on any atom is 0.231 e. The summed E-state index contributed by atoms with van der Waals surface area (Å²) < 4.78 is 5.64. The Balaban J connectivity index is 1.44. The summed E-state index contributed by atoms with van der Waals surface area (Å²) >= 11 is 11.7. The molecule has 1 aromatic heterocycles. The third-order valence-corrected chi connectivity index (χ3v) is 7.16. The Morgan fingerprint density at radius 2 is 1.97 bits per heavy atom. The van der Waals surface area contributed by atoms with Gasteiger partial charge in [0.15, 0.2) is 5.11 Å². The summed E-state index contributed by atoms with van der Waals surface area (Å²) in [6, 6.07) is 10.7. The third kappa shape index (κ3) is 5.50. The molecule has 4 rings (SSSR count). The van der Waals surface area contributed by atoms with Crippen LogP contribution in [0.15, 0.2) is 30.3 Å². The Labute approximate surface area is 201 Å². The van der Waals surface area contributed by atoms with E-state index in [1.165, 1.54) is 24.8 Å². The standard InChI is InChI=1S/C24H32ClN5OS/c1-17-15-21(30-12-4-3-5-18(30)2)28-22(27-17)29-23(32)26-16-24(10-13-31-14-11-24)19-6-8-20(25)9-7-19/h6-9,15,18H,3-5,10-14,16H2,1-2H3,(H2,26,27,28,29,32). The molecule has 2 aliphatic rings. The van der Waals surface area contributed by atoms with Crippen LogP contribution in [0, 0.1) is 6.92 Å². The lowest BCUT2D eigenvalue weighted by atomic mass is 9.74. The summed E-state index contributed by atoms with van der Waals surface area (Å²) in [7, 11) is 0. The second-order valence-electron chi connectivity index (χ2n) is 8.94. The molecule has 0 spiro atoms. The van der Waals surface area contributed by atoms with E-state index in [0.717, 1.165) is 49.1 Å². The van der Waals surface area contributed by atoms with Gasteiger partial charge in [0.2, 0.25) is 5.95 Å². The van der Waals surface area contributed by atoms with Crippen molar-refractivity contribution in [3.8, 4) is 0 Å². The molecule has 2 fully saturated rings. The molecule has 32 heavy (non-hydrogen) atoms. The molecule has 1 atom stereocenters. The first-order chi connectivity index (χ1) is 15.4. The van der Waals surface area contributed by atoms with E-state index in [1.807, 2.05) is 19.1 Å². The number of hydrogen-bond acceptors (Lipinski definition) is 5. The highest BCUT2D eigenvalue weighted by Gasteiger charge is 2.34. The van der Waals surface area contributed by atoms with E-state index in [1.54, 1.807) is 0 Å². The molecule has 0 radical (unpaired) electrons. The molecule has 0 bridgehead atoms. The number of benzene rings is 1. The lowest BCUT2D eigenvalue weighted by molar-refractivity contribution is 0.0515. The van der Waals surface area contributed by atoms with Crippen LogP contribution in [0.2, 0.25) is 5.02 Å². The third-order valence-electron chi connectivity index (χ3n) is 6.66. The molecule has 1 aromatic carbocycles. The molecule has 0 aliphatic carbocycles. The largest absolute Gasteiger partial charge is 0.381 e. The second-order valence-corrected chi connectivity index (χ2v) is 9.78. The summed E-state index contributed by atoms with van der Waals surface area (Å²) in [6.07, 6.45) is 5.54. The minimum Gasteiger partial charge on any atom is -0.381 e. The number of rotatable bonds is 5. The molecule has 1 unspecified atom stereocenters. The Bertz CT molecular complexity index is 932. The van der Waals surface area contributed by atoms with Gasteiger partial charge in [-0.2, -0.15) is 4.98 Å². The number of anilines is 2. The van der Waals surface area contributed by atoms with Gasteiger partial charge in [0.05, 0.1) is 0 Å². The van der Waals surface area contributed by atoms with Gasteiger partial charge in [0.1, 0.15) is 5.82 Å². The minimum absolute atomic E-state index is 0.0452. The van der Waals surface area contributed by atoms with Crippen LogP contribution in [-0.4, -0.2) is 47.4 Å². The maximum absolute atomic E-state index is 6.12. The van der Waals surface area contributed by atoms with E-state index in [9.17, 15) is 0 Å². The molecule has 172 valence electrons. The summed E-state index contributed by atoms with van der Waals surface area (Å²) in [5, 5.41) is 7.92. The van der Waals surface area contributed by atoms with Crippen LogP contribution in [0.5, 0.6) is 0 Å². The zero-order valence-electron chi connectivity index (χ0n) is 18.9. The van der Waals surface area contributed by atoms with E-state index in [0.29, 0.717) is 23.6 Å². The highest BCUT2D eigenvalue weighted by Crippen LogP contribution is 2.35. The topological polar surface area (TPSA) is 62.3 Å². The highest BCUT2D eigenvalue weighted by atomic mass is 35.5. The number of piperidine rings is 1. The Morgan fingerprint density at radius 1 is 1.22 bits per heavy atom. The van der Waals surface area contributed by atoms with Crippen LogP contribution < -0.4 is 15.5 Å². The fourth-order valence-electron chi connectivity index (χ4n) is 4.72. The number of ether oxygens (including phenoxy) is 1. The number of nitrogens with one attached hydrogen (secondary N) is 2. The molecule has 2 N–H and O–H groups in total. The van der Waals surface area contributed by atoms with E-state index >= 15 is 0 Å². The van der Waals surface area contributed by atoms with Crippen molar-refractivity contribution in [1.82, 2.24) is 15.3 Å². The first-order valence-electron chi connectivity index (χ1n) is 11.5. The number of hydrogen-bond donors (Lipinski definition) is 2. The van der Waals surface area contributed by atoms with Gasteiger partial charge in [-0.15, -0.1) is 0 Å². The van der Waals surface area contributed by atoms with Gasteiger partial charge in [-0.1, -0.05) is 23.7 Å². The Morgan fingerprint density at radius 3 is 2.69 bits per heavy atom. The van der Waals surface area contributed by atoms with Crippen LogP contribution >= 0.6 is 23.8 Å². The molecule has 6 nitrogen and oxygen atoms in total. The monoisotopic (exact) mass is 473 g/mol. The molecule has 2 aromatic rings. The summed E-state index contributed by atoms with van der Waals surface area (Å²) in [5.41, 5.74) is 2.14. The zero-order chi connectivity index (χ0) is 22.6. The highest BCUT2D eigenvalue weighted by molar-refractivity contribution is 7.80. The fourth-order valence-corrected chi connectivity index (χ4v) is 5.01. The van der Waals surface area contributed by atoms with Crippen LogP contribution in [0.3, 0.4) is 0 Å². The van der Waals surface area contributed by atoms with Gasteiger partial charge < -0.3 is 20.3 Å². The predicted octanol–water partition coefficient (Wildman–Crippen LogP) is 4.85. The van der Waals surface area contributed by atoms with Gasteiger partial charge >= 0.3 is 0 Å². The summed E-state index contributed by atoms with van der Waals surface area (Å²) in [6.45, 7) is 7.49. The minimum atomic E-state index is -0.0452. The number of nitrogens with zero attached hydrogens (tertiary/aromatic N) is 3. The molecule has 8 heteroatoms. The van der Waals surface area contributed by atoms with Crippen molar-refractivity contribution in [2.24, 2.45) is 0 Å². The van der Waals surface area contributed by atoms with Crippen LogP contribution in [0.1, 0.15) is 50.3 Å². The van der Waals surface area contributed by atoms with Crippen molar-refractivity contribution in [1.29, 1.82) is 0 Å². The first kappa shape index (κ1) is 23.2. The predicted molar refractivity (Wildman–Crippen MR) is 135 cm³/mol. The molecular formula is C24H32ClN5OS. The number of aryl methyl sites for hydroxylation is 1. The lowest BCUT2D eigenvalue weighted by Gasteiger charge is -2.38. The number of halogens is 1. The van der Waals surface area contributed by atoms with Crippen LogP contribution in [0.25, 0.3) is 0 Å². The average Bonchev–Trinajstić information content (AvgIpc) is 2.79. The maximum atomic E-state index is 6.12. The molecule has 3 heterocycles. The van der Waals surface area contributed by atoms with Gasteiger partial charge in [-0.25, -0.2) is 4.98 Å². The molecule has 0 saturated carbocycles. The Kier molecular flexibility index (Phi) is 7.48. The zero-order valence-corrected chi connectivity index (χ0v) is 20.4. The van der Waals surface area contributed by atoms with Crippen molar-refractivity contribution in [2.45, 2.75) is 57.4 Å². The second kappa shape index (κ2) is 10.3. The van der Waals surface area contributed by atoms with E-state index in [-0.39, 0.29) is 5.41 Å². The van der Waals surface area contributed by atoms with Gasteiger partial charge in [-0.3, -0.25) is 0 Å². The molecule has 0 amide bonds. The van der Waals surface area contributed by atoms with E-state index in [4.69, 9.17) is 33.5 Å². The first-order valence-corrected chi connectivity index (χ1v) is 12.2. The fraction of sp³-hybridized carbons (Fsp3) is 0.542. The normalized spacial score (nSPS) is 20.6. The smallest absolute Gasteiger partial charge is 0.231 e. The van der Waals surface area contributed by atoms with Crippen molar-refractivity contribution in [3.05, 3.63) is 46.6 Å². The summed E-state index contributed by atoms with van der Waals surface area (Å²) in [4.78, 5) is 11.7. The van der Waals surface area contributed by atoms with Gasteiger partial charge in [-0.05, 0) is 75.9 Å². The van der Waals surface area contributed by atoms with Crippen molar-refractivity contribution in [3.63, 3.8) is 0 Å². The molecule has 2 saturated heterocycles. The van der Waals surface area contributed by atoms with Crippen molar-refractivity contribution in [2.75, 3.05) is 36.5 Å². The van der Waals surface area contributed by atoms with Crippen molar-refractivity contribution >= 4 is 40.7 Å². The quantitative estimate of drug-likeness (QED) is 0.601. The lowest BCUT2D eigenvalue weighted by Crippen LogP contribution is -2.45. The Hall–Kier alpha value is -1.96. The number of aromatic nitrogens is 2. The van der Waals surface area contributed by atoms with E-state index < -0.39 is 0 Å². The van der Waals surface area contributed by atoms with Crippen LogP contribution in [0.4, 0.5) is 11.8 Å². The van der Waals surface area contributed by atoms with Gasteiger partial charge in [0, 0.05) is 54.5 Å². The van der Waals surface area contributed by atoms with Crippen molar-refractivity contribution < 1.29 is 4.74 Å².